The van der Waals surface area contributed by atoms with E-state index in [4.69, 9.17) is 19.0 Å². The fraction of sp³-hybridized carbons (Fsp3) is 0.476. The SMILES string of the molecule is Cc1cc(F)c2nc(N3CCC4(CC3)OCCO4)c(-c3nc(C)no3)c(C)c2c1. The van der Waals surface area contributed by atoms with Crippen LogP contribution < -0.4 is 4.90 Å². The Kier molecular flexibility index (Phi) is 4.29. The van der Waals surface area contributed by atoms with Gasteiger partial charge in [0.05, 0.1) is 18.8 Å². The van der Waals surface area contributed by atoms with Crippen LogP contribution in [-0.4, -0.2) is 47.2 Å². The first-order valence-electron chi connectivity index (χ1n) is 9.90. The molecule has 5 rings (SSSR count). The molecule has 7 nitrogen and oxygen atoms in total. The highest BCUT2D eigenvalue weighted by Gasteiger charge is 2.41. The molecule has 2 aliphatic heterocycles. The minimum absolute atomic E-state index is 0.325. The number of fused-ring (bicyclic) bond motifs is 1. The van der Waals surface area contributed by atoms with E-state index in [9.17, 15) is 4.39 Å². The quantitative estimate of drug-likeness (QED) is 0.652. The second-order valence-electron chi connectivity index (χ2n) is 7.82. The molecule has 0 atom stereocenters. The smallest absolute Gasteiger partial charge is 0.261 e. The summed E-state index contributed by atoms with van der Waals surface area (Å²) in [6, 6.07) is 3.46. The lowest BCUT2D eigenvalue weighted by Gasteiger charge is -2.38. The highest BCUT2D eigenvalue weighted by Crippen LogP contribution is 2.40. The molecular weight excluding hydrogens is 375 g/mol. The fourth-order valence-electron chi connectivity index (χ4n) is 4.33. The summed E-state index contributed by atoms with van der Waals surface area (Å²) in [7, 11) is 0. The van der Waals surface area contributed by atoms with E-state index >= 15 is 0 Å². The van der Waals surface area contributed by atoms with Crippen molar-refractivity contribution in [2.24, 2.45) is 0 Å². The van der Waals surface area contributed by atoms with Gasteiger partial charge in [0.25, 0.3) is 5.89 Å². The van der Waals surface area contributed by atoms with Gasteiger partial charge in [-0.1, -0.05) is 5.16 Å². The van der Waals surface area contributed by atoms with Crippen molar-refractivity contribution in [2.75, 3.05) is 31.2 Å². The molecule has 0 radical (unpaired) electrons. The number of aromatic nitrogens is 3. The maximum absolute atomic E-state index is 14.8. The van der Waals surface area contributed by atoms with E-state index in [1.54, 1.807) is 6.92 Å². The van der Waals surface area contributed by atoms with E-state index in [1.807, 2.05) is 19.9 Å². The molecule has 0 aliphatic carbocycles. The van der Waals surface area contributed by atoms with Gasteiger partial charge in [0, 0.05) is 31.3 Å². The van der Waals surface area contributed by atoms with Crippen molar-refractivity contribution in [1.29, 1.82) is 0 Å². The largest absolute Gasteiger partial charge is 0.356 e. The molecule has 2 aromatic heterocycles. The topological polar surface area (TPSA) is 73.5 Å². The van der Waals surface area contributed by atoms with Crippen molar-refractivity contribution in [3.8, 4) is 11.5 Å². The van der Waals surface area contributed by atoms with Crippen LogP contribution in [0.3, 0.4) is 0 Å². The molecule has 0 saturated carbocycles. The van der Waals surface area contributed by atoms with Crippen molar-refractivity contribution in [2.45, 2.75) is 39.4 Å². The molecule has 1 aromatic carbocycles. The number of piperidine rings is 1. The number of halogens is 1. The van der Waals surface area contributed by atoms with E-state index in [-0.39, 0.29) is 5.82 Å². The summed E-state index contributed by atoms with van der Waals surface area (Å²) in [5.41, 5.74) is 2.84. The van der Waals surface area contributed by atoms with Crippen LogP contribution in [0.4, 0.5) is 10.2 Å². The molecule has 29 heavy (non-hydrogen) atoms. The predicted octanol–water partition coefficient (Wildman–Crippen LogP) is 3.69. The number of aryl methyl sites for hydroxylation is 3. The monoisotopic (exact) mass is 398 g/mol. The van der Waals surface area contributed by atoms with E-state index in [0.717, 1.165) is 34.9 Å². The first kappa shape index (κ1) is 18.4. The second-order valence-corrected chi connectivity index (χ2v) is 7.82. The average Bonchev–Trinajstić information content (AvgIpc) is 3.32. The number of hydrogen-bond acceptors (Lipinski definition) is 7. The number of benzene rings is 1. The number of hydrogen-bond donors (Lipinski definition) is 0. The molecule has 152 valence electrons. The van der Waals surface area contributed by atoms with Gasteiger partial charge < -0.3 is 18.9 Å². The summed E-state index contributed by atoms with van der Waals surface area (Å²) in [5.74, 6) is 0.792. The Hall–Kier alpha value is -2.58. The molecule has 0 unspecified atom stereocenters. The maximum Gasteiger partial charge on any atom is 0.261 e. The predicted molar refractivity (Wildman–Crippen MR) is 105 cm³/mol. The summed E-state index contributed by atoms with van der Waals surface area (Å²) >= 11 is 0. The third-order valence-electron chi connectivity index (χ3n) is 5.81. The Morgan fingerprint density at radius 1 is 1.03 bits per heavy atom. The number of rotatable bonds is 2. The normalized spacial score (nSPS) is 18.8. The molecule has 0 N–H and O–H groups in total. The fourth-order valence-corrected chi connectivity index (χ4v) is 4.33. The van der Waals surface area contributed by atoms with Crippen LogP contribution in [0.25, 0.3) is 22.4 Å². The van der Waals surface area contributed by atoms with Gasteiger partial charge in [-0.05, 0) is 44.0 Å². The third kappa shape index (κ3) is 3.07. The van der Waals surface area contributed by atoms with Crippen molar-refractivity contribution >= 4 is 16.7 Å². The van der Waals surface area contributed by atoms with Gasteiger partial charge in [-0.2, -0.15) is 4.98 Å². The van der Waals surface area contributed by atoms with Crippen molar-refractivity contribution < 1.29 is 18.4 Å². The van der Waals surface area contributed by atoms with Gasteiger partial charge >= 0.3 is 0 Å². The summed E-state index contributed by atoms with van der Waals surface area (Å²) < 4.78 is 32.0. The lowest BCUT2D eigenvalue weighted by Crippen LogP contribution is -2.45. The minimum atomic E-state index is -0.494. The van der Waals surface area contributed by atoms with E-state index in [1.165, 1.54) is 6.07 Å². The van der Waals surface area contributed by atoms with Crippen LogP contribution in [0.15, 0.2) is 16.7 Å². The Morgan fingerprint density at radius 2 is 1.76 bits per heavy atom. The standard InChI is InChI=1S/C21H23FN4O3/c1-12-10-15-13(2)17(20-23-14(3)25-29-20)19(24-18(15)16(22)11-12)26-6-4-21(5-7-26)27-8-9-28-21/h10-11H,4-9H2,1-3H3. The first-order chi connectivity index (χ1) is 14.0. The molecule has 0 bridgehead atoms. The van der Waals surface area contributed by atoms with Crippen molar-refractivity contribution in [3.63, 3.8) is 0 Å². The van der Waals surface area contributed by atoms with Gasteiger partial charge in [0.15, 0.2) is 11.6 Å². The lowest BCUT2D eigenvalue weighted by atomic mass is 9.99. The number of pyridine rings is 1. The Bertz CT molecular complexity index is 1080. The van der Waals surface area contributed by atoms with Gasteiger partial charge in [-0.15, -0.1) is 0 Å². The van der Waals surface area contributed by atoms with Gasteiger partial charge in [-0.3, -0.25) is 0 Å². The lowest BCUT2D eigenvalue weighted by molar-refractivity contribution is -0.169. The molecule has 2 aliphatic rings. The van der Waals surface area contributed by atoms with Crippen LogP contribution in [0.2, 0.25) is 0 Å². The first-order valence-corrected chi connectivity index (χ1v) is 9.90. The zero-order valence-corrected chi connectivity index (χ0v) is 16.8. The van der Waals surface area contributed by atoms with Crippen LogP contribution in [0, 0.1) is 26.6 Å². The highest BCUT2D eigenvalue weighted by atomic mass is 19.1. The Morgan fingerprint density at radius 3 is 2.41 bits per heavy atom. The summed E-state index contributed by atoms with van der Waals surface area (Å²) in [6.07, 6.45) is 1.45. The number of ether oxygens (including phenoxy) is 2. The summed E-state index contributed by atoms with van der Waals surface area (Å²) in [4.78, 5) is 11.3. The summed E-state index contributed by atoms with van der Waals surface area (Å²) in [6.45, 7) is 8.24. The molecule has 0 amide bonds. The van der Waals surface area contributed by atoms with Gasteiger partial charge in [-0.25, -0.2) is 9.37 Å². The molecule has 3 aromatic rings. The van der Waals surface area contributed by atoms with E-state index in [2.05, 4.69) is 15.0 Å². The second kappa shape index (κ2) is 6.74. The molecule has 2 fully saturated rings. The van der Waals surface area contributed by atoms with Crippen LogP contribution in [0.1, 0.15) is 29.8 Å². The maximum atomic E-state index is 14.8. The zero-order valence-electron chi connectivity index (χ0n) is 16.8. The number of anilines is 1. The summed E-state index contributed by atoms with van der Waals surface area (Å²) in [5, 5.41) is 4.70. The molecule has 4 heterocycles. The molecular formula is C21H23FN4O3. The third-order valence-corrected chi connectivity index (χ3v) is 5.81. The van der Waals surface area contributed by atoms with Gasteiger partial charge in [0.1, 0.15) is 17.2 Å². The zero-order chi connectivity index (χ0) is 20.2. The van der Waals surface area contributed by atoms with Crippen LogP contribution in [-0.2, 0) is 9.47 Å². The Labute approximate surface area is 167 Å². The average molecular weight is 398 g/mol. The number of nitrogens with zero attached hydrogens (tertiary/aromatic N) is 4. The van der Waals surface area contributed by atoms with Crippen LogP contribution >= 0.6 is 0 Å². The molecule has 8 heteroatoms. The van der Waals surface area contributed by atoms with E-state index in [0.29, 0.717) is 49.4 Å². The van der Waals surface area contributed by atoms with Crippen molar-refractivity contribution in [1.82, 2.24) is 15.1 Å². The van der Waals surface area contributed by atoms with Crippen LogP contribution in [0.5, 0.6) is 0 Å². The molecule has 2 saturated heterocycles. The van der Waals surface area contributed by atoms with Crippen molar-refractivity contribution in [3.05, 3.63) is 34.9 Å². The molecule has 1 spiro atoms. The van der Waals surface area contributed by atoms with Gasteiger partial charge in [0.2, 0.25) is 0 Å². The minimum Gasteiger partial charge on any atom is -0.356 e. The highest BCUT2D eigenvalue weighted by molar-refractivity contribution is 5.93. The van der Waals surface area contributed by atoms with E-state index < -0.39 is 5.79 Å². The Balaban J connectivity index is 1.65.